The van der Waals surface area contributed by atoms with Gasteiger partial charge in [-0.15, -0.1) is 11.8 Å². The first-order valence-electron chi connectivity index (χ1n) is 7.16. The molecule has 0 saturated carbocycles. The summed E-state index contributed by atoms with van der Waals surface area (Å²) >= 11 is 7.25. The average Bonchev–Trinajstić information content (AvgIpc) is 3.25. The van der Waals surface area contributed by atoms with Gasteiger partial charge in [-0.05, 0) is 36.4 Å². The lowest BCUT2D eigenvalue weighted by Gasteiger charge is -2.01. The number of nitrogens with one attached hydrogen (secondary N) is 1. The van der Waals surface area contributed by atoms with Gasteiger partial charge in [-0.2, -0.15) is 4.98 Å². The normalized spacial score (nSPS) is 10.7. The highest BCUT2D eigenvalue weighted by molar-refractivity contribution is 7.99. The Hall–Kier alpha value is -2.25. The molecule has 3 aromatic rings. The van der Waals surface area contributed by atoms with E-state index >= 15 is 0 Å². The number of carbonyl (C=O) groups is 1. The van der Waals surface area contributed by atoms with Crippen LogP contribution in [0.1, 0.15) is 11.7 Å². The van der Waals surface area contributed by atoms with Crippen molar-refractivity contribution in [3.63, 3.8) is 0 Å². The first-order chi connectivity index (χ1) is 11.7. The Morgan fingerprint density at radius 2 is 2.08 bits per heavy atom. The number of furan rings is 1. The fourth-order valence-corrected chi connectivity index (χ4v) is 2.72. The van der Waals surface area contributed by atoms with Crippen LogP contribution in [0, 0.1) is 0 Å². The van der Waals surface area contributed by atoms with Crippen molar-refractivity contribution < 1.29 is 13.7 Å². The van der Waals surface area contributed by atoms with Crippen LogP contribution < -0.4 is 5.32 Å². The van der Waals surface area contributed by atoms with Gasteiger partial charge >= 0.3 is 0 Å². The van der Waals surface area contributed by atoms with Crippen LogP contribution in [-0.2, 0) is 17.1 Å². The standard InChI is InChI=1S/C16H14ClN3O3S/c17-12-5-3-11(4-6-12)16-19-15(23-20-16)10-24-9-14(21)18-8-13-2-1-7-22-13/h1-7H,8-10H2,(H,18,21). The minimum absolute atomic E-state index is 0.0751. The Labute approximate surface area is 147 Å². The van der Waals surface area contributed by atoms with Crippen LogP contribution in [0.15, 0.2) is 51.6 Å². The van der Waals surface area contributed by atoms with Crippen LogP contribution in [0.4, 0.5) is 0 Å². The van der Waals surface area contributed by atoms with Crippen molar-refractivity contribution in [1.29, 1.82) is 0 Å². The van der Waals surface area contributed by atoms with Crippen LogP contribution in [0.2, 0.25) is 5.02 Å². The van der Waals surface area contributed by atoms with Gasteiger partial charge in [0.05, 0.1) is 24.3 Å². The Morgan fingerprint density at radius 1 is 1.25 bits per heavy atom. The van der Waals surface area contributed by atoms with E-state index in [9.17, 15) is 4.79 Å². The summed E-state index contributed by atoms with van der Waals surface area (Å²) in [5.41, 5.74) is 0.829. The van der Waals surface area contributed by atoms with E-state index in [0.717, 1.165) is 11.3 Å². The number of hydrogen-bond donors (Lipinski definition) is 1. The molecule has 0 fully saturated rings. The molecule has 1 aromatic carbocycles. The summed E-state index contributed by atoms with van der Waals surface area (Å²) in [4.78, 5) is 16.0. The summed E-state index contributed by atoms with van der Waals surface area (Å²) in [5, 5.41) is 7.35. The molecule has 0 radical (unpaired) electrons. The van der Waals surface area contributed by atoms with Gasteiger partial charge in [0, 0.05) is 10.6 Å². The topological polar surface area (TPSA) is 81.2 Å². The molecule has 1 N–H and O–H groups in total. The number of aromatic nitrogens is 2. The first kappa shape index (κ1) is 16.6. The van der Waals surface area contributed by atoms with E-state index in [4.69, 9.17) is 20.5 Å². The van der Waals surface area contributed by atoms with Crippen LogP contribution in [0.3, 0.4) is 0 Å². The van der Waals surface area contributed by atoms with E-state index < -0.39 is 0 Å². The minimum atomic E-state index is -0.0751. The molecule has 0 bridgehead atoms. The Morgan fingerprint density at radius 3 is 2.83 bits per heavy atom. The van der Waals surface area contributed by atoms with Crippen LogP contribution >= 0.6 is 23.4 Å². The Balaban J connectivity index is 1.43. The lowest BCUT2D eigenvalue weighted by molar-refractivity contribution is -0.118. The predicted octanol–water partition coefficient (Wildman–Crippen LogP) is 3.53. The molecule has 2 heterocycles. The molecular formula is C16H14ClN3O3S. The zero-order chi connectivity index (χ0) is 16.8. The highest BCUT2D eigenvalue weighted by Gasteiger charge is 2.10. The van der Waals surface area contributed by atoms with Gasteiger partial charge in [-0.3, -0.25) is 4.79 Å². The van der Waals surface area contributed by atoms with Gasteiger partial charge in [0.2, 0.25) is 17.6 Å². The number of carbonyl (C=O) groups excluding carboxylic acids is 1. The zero-order valence-electron chi connectivity index (χ0n) is 12.6. The van der Waals surface area contributed by atoms with Crippen molar-refractivity contribution in [2.75, 3.05) is 5.75 Å². The van der Waals surface area contributed by atoms with Crippen molar-refractivity contribution in [3.05, 3.63) is 59.3 Å². The van der Waals surface area contributed by atoms with E-state index in [0.29, 0.717) is 34.8 Å². The molecule has 124 valence electrons. The van der Waals surface area contributed by atoms with Gasteiger partial charge in [0.15, 0.2) is 0 Å². The van der Waals surface area contributed by atoms with E-state index in [1.807, 2.05) is 18.2 Å². The van der Waals surface area contributed by atoms with Crippen molar-refractivity contribution in [2.24, 2.45) is 0 Å². The summed E-state index contributed by atoms with van der Waals surface area (Å²) in [7, 11) is 0. The number of hydrogen-bond acceptors (Lipinski definition) is 6. The van der Waals surface area contributed by atoms with Crippen LogP contribution in [-0.4, -0.2) is 21.8 Å². The number of halogens is 1. The highest BCUT2D eigenvalue weighted by atomic mass is 35.5. The summed E-state index contributed by atoms with van der Waals surface area (Å²) < 4.78 is 10.3. The second-order valence-corrected chi connectivity index (χ2v) is 6.29. The van der Waals surface area contributed by atoms with Crippen molar-refractivity contribution >= 4 is 29.3 Å². The first-order valence-corrected chi connectivity index (χ1v) is 8.69. The fourth-order valence-electron chi connectivity index (χ4n) is 1.91. The number of nitrogens with zero attached hydrogens (tertiary/aromatic N) is 2. The molecule has 0 aliphatic rings. The SMILES string of the molecule is O=C(CSCc1nc(-c2ccc(Cl)cc2)no1)NCc1ccco1. The van der Waals surface area contributed by atoms with Gasteiger partial charge in [-0.1, -0.05) is 16.8 Å². The zero-order valence-corrected chi connectivity index (χ0v) is 14.1. The van der Waals surface area contributed by atoms with E-state index in [2.05, 4.69) is 15.5 Å². The molecule has 0 atom stereocenters. The molecule has 6 nitrogen and oxygen atoms in total. The third-order valence-corrected chi connectivity index (χ3v) is 4.24. The molecule has 24 heavy (non-hydrogen) atoms. The Bertz CT molecular complexity index is 787. The van der Waals surface area contributed by atoms with Crippen LogP contribution in [0.5, 0.6) is 0 Å². The van der Waals surface area contributed by atoms with Gasteiger partial charge < -0.3 is 14.3 Å². The maximum Gasteiger partial charge on any atom is 0.236 e. The fraction of sp³-hybridized carbons (Fsp3) is 0.188. The number of amides is 1. The molecule has 0 spiro atoms. The predicted molar refractivity (Wildman–Crippen MR) is 91.5 cm³/mol. The van der Waals surface area contributed by atoms with Gasteiger partial charge in [-0.25, -0.2) is 0 Å². The summed E-state index contributed by atoms with van der Waals surface area (Å²) in [5.74, 6) is 2.40. The molecule has 1 amide bonds. The van der Waals surface area contributed by atoms with Crippen molar-refractivity contribution in [1.82, 2.24) is 15.5 Å². The maximum atomic E-state index is 11.7. The minimum Gasteiger partial charge on any atom is -0.467 e. The third-order valence-electron chi connectivity index (χ3n) is 3.07. The molecule has 3 rings (SSSR count). The van der Waals surface area contributed by atoms with Gasteiger partial charge in [0.1, 0.15) is 5.76 Å². The molecular weight excluding hydrogens is 350 g/mol. The Kier molecular flexibility index (Phi) is 5.55. The second-order valence-electron chi connectivity index (χ2n) is 4.87. The summed E-state index contributed by atoms with van der Waals surface area (Å²) in [6.07, 6.45) is 1.57. The monoisotopic (exact) mass is 363 g/mol. The average molecular weight is 364 g/mol. The summed E-state index contributed by atoms with van der Waals surface area (Å²) in [6, 6.07) is 10.8. The van der Waals surface area contributed by atoms with Crippen molar-refractivity contribution in [2.45, 2.75) is 12.3 Å². The highest BCUT2D eigenvalue weighted by Crippen LogP contribution is 2.20. The maximum absolute atomic E-state index is 11.7. The van der Waals surface area contributed by atoms with E-state index in [1.165, 1.54) is 11.8 Å². The third kappa shape index (κ3) is 4.62. The second kappa shape index (κ2) is 8.03. The number of thioether (sulfide) groups is 1. The van der Waals surface area contributed by atoms with E-state index in [-0.39, 0.29) is 5.91 Å². The number of rotatable bonds is 7. The van der Waals surface area contributed by atoms with Gasteiger partial charge in [0.25, 0.3) is 0 Å². The summed E-state index contributed by atoms with van der Waals surface area (Å²) in [6.45, 7) is 0.383. The molecule has 2 aromatic heterocycles. The quantitative estimate of drug-likeness (QED) is 0.691. The lowest BCUT2D eigenvalue weighted by Crippen LogP contribution is -2.24. The van der Waals surface area contributed by atoms with E-state index in [1.54, 1.807) is 24.5 Å². The van der Waals surface area contributed by atoms with Crippen LogP contribution in [0.25, 0.3) is 11.4 Å². The molecule has 0 unspecified atom stereocenters. The number of benzene rings is 1. The van der Waals surface area contributed by atoms with Crippen molar-refractivity contribution in [3.8, 4) is 11.4 Å². The smallest absolute Gasteiger partial charge is 0.236 e. The molecule has 8 heteroatoms. The molecule has 0 saturated heterocycles. The molecule has 0 aliphatic heterocycles. The lowest BCUT2D eigenvalue weighted by atomic mass is 10.2. The largest absolute Gasteiger partial charge is 0.467 e. The molecule has 0 aliphatic carbocycles.